The lowest BCUT2D eigenvalue weighted by molar-refractivity contribution is -0.132. The molecule has 1 saturated heterocycles. The number of carbonyl (C=O) groups is 1. The van der Waals surface area contributed by atoms with Crippen LogP contribution in [0.4, 0.5) is 0 Å². The van der Waals surface area contributed by atoms with Gasteiger partial charge in [0.15, 0.2) is 0 Å². The van der Waals surface area contributed by atoms with E-state index in [9.17, 15) is 9.90 Å². The molecule has 1 aromatic carbocycles. The highest BCUT2D eigenvalue weighted by atomic mass is 16.3. The SMILES string of the molecule is Cc1ccc2[nH]c(C)c(CC(=O)N3CCN(C[C@@H](C)O)CC3)c2c1. The number of aliphatic hydroxyl groups is 1. The number of aromatic amines is 1. The van der Waals surface area contributed by atoms with E-state index in [0.29, 0.717) is 13.0 Å². The first-order valence-electron chi connectivity index (χ1n) is 8.70. The van der Waals surface area contributed by atoms with E-state index in [1.807, 2.05) is 11.8 Å². The molecule has 5 heteroatoms. The highest BCUT2D eigenvalue weighted by Gasteiger charge is 2.23. The summed E-state index contributed by atoms with van der Waals surface area (Å²) in [6, 6.07) is 6.33. The van der Waals surface area contributed by atoms with Crippen LogP contribution in [0.2, 0.25) is 0 Å². The quantitative estimate of drug-likeness (QED) is 0.900. The van der Waals surface area contributed by atoms with Gasteiger partial charge in [-0.1, -0.05) is 11.6 Å². The lowest BCUT2D eigenvalue weighted by Gasteiger charge is -2.35. The third-order valence-corrected chi connectivity index (χ3v) is 4.85. The number of aryl methyl sites for hydroxylation is 2. The third-order valence-electron chi connectivity index (χ3n) is 4.85. The molecule has 0 bridgehead atoms. The molecule has 5 nitrogen and oxygen atoms in total. The van der Waals surface area contributed by atoms with Crippen LogP contribution in [0.1, 0.15) is 23.7 Å². The van der Waals surface area contributed by atoms with Crippen LogP contribution in [0.25, 0.3) is 10.9 Å². The second-order valence-electron chi connectivity index (χ2n) is 6.98. The second-order valence-corrected chi connectivity index (χ2v) is 6.98. The van der Waals surface area contributed by atoms with Crippen LogP contribution in [0.5, 0.6) is 0 Å². The van der Waals surface area contributed by atoms with Crippen LogP contribution in [0.15, 0.2) is 18.2 Å². The van der Waals surface area contributed by atoms with Crippen molar-refractivity contribution in [2.45, 2.75) is 33.3 Å². The van der Waals surface area contributed by atoms with Gasteiger partial charge >= 0.3 is 0 Å². The van der Waals surface area contributed by atoms with E-state index in [0.717, 1.165) is 48.3 Å². The molecule has 0 radical (unpaired) electrons. The molecule has 0 aliphatic carbocycles. The van der Waals surface area contributed by atoms with Gasteiger partial charge in [0, 0.05) is 49.3 Å². The molecule has 1 fully saturated rings. The van der Waals surface area contributed by atoms with Crippen molar-refractivity contribution in [3.63, 3.8) is 0 Å². The molecule has 130 valence electrons. The van der Waals surface area contributed by atoms with Crippen molar-refractivity contribution < 1.29 is 9.90 Å². The highest BCUT2D eigenvalue weighted by Crippen LogP contribution is 2.24. The molecule has 1 aromatic heterocycles. The maximum absolute atomic E-state index is 12.7. The second kappa shape index (κ2) is 6.95. The van der Waals surface area contributed by atoms with Gasteiger partial charge in [-0.05, 0) is 38.5 Å². The number of β-amino-alcohol motifs (C(OH)–C–C–N with tert-alkyl or cyclic N) is 1. The lowest BCUT2D eigenvalue weighted by atomic mass is 10.0. The molecule has 2 heterocycles. The summed E-state index contributed by atoms with van der Waals surface area (Å²) in [6.45, 7) is 9.76. The van der Waals surface area contributed by atoms with E-state index < -0.39 is 0 Å². The molecule has 1 amide bonds. The Morgan fingerprint density at radius 2 is 1.96 bits per heavy atom. The molecule has 1 aliphatic rings. The Morgan fingerprint density at radius 3 is 2.62 bits per heavy atom. The van der Waals surface area contributed by atoms with E-state index in [2.05, 4.69) is 35.0 Å². The summed E-state index contributed by atoms with van der Waals surface area (Å²) in [5.74, 6) is 0.192. The van der Waals surface area contributed by atoms with E-state index in [4.69, 9.17) is 0 Å². The van der Waals surface area contributed by atoms with Crippen molar-refractivity contribution >= 4 is 16.8 Å². The smallest absolute Gasteiger partial charge is 0.227 e. The Labute approximate surface area is 143 Å². The highest BCUT2D eigenvalue weighted by molar-refractivity contribution is 5.90. The Hall–Kier alpha value is -1.85. The van der Waals surface area contributed by atoms with Crippen LogP contribution in [-0.2, 0) is 11.2 Å². The number of fused-ring (bicyclic) bond motifs is 1. The largest absolute Gasteiger partial charge is 0.392 e. The van der Waals surface area contributed by atoms with E-state index in [-0.39, 0.29) is 12.0 Å². The van der Waals surface area contributed by atoms with Crippen molar-refractivity contribution in [3.8, 4) is 0 Å². The standard InChI is InChI=1S/C19H27N3O2/c1-13-4-5-18-17(10-13)16(15(3)20-18)11-19(24)22-8-6-21(7-9-22)12-14(2)23/h4-5,10,14,20,23H,6-9,11-12H2,1-3H3/t14-/m1/s1. The number of nitrogens with one attached hydrogen (secondary N) is 1. The zero-order valence-corrected chi connectivity index (χ0v) is 14.8. The van der Waals surface area contributed by atoms with Crippen molar-refractivity contribution in [1.82, 2.24) is 14.8 Å². The van der Waals surface area contributed by atoms with Crippen LogP contribution in [0, 0.1) is 13.8 Å². The molecular weight excluding hydrogens is 302 g/mol. The summed E-state index contributed by atoms with van der Waals surface area (Å²) in [5.41, 5.74) is 4.51. The number of aliphatic hydroxyl groups excluding tert-OH is 1. The molecule has 2 aromatic rings. The van der Waals surface area contributed by atoms with Gasteiger partial charge in [0.25, 0.3) is 0 Å². The maximum atomic E-state index is 12.7. The summed E-state index contributed by atoms with van der Waals surface area (Å²) in [6.07, 6.45) is 0.135. The minimum absolute atomic E-state index is 0.192. The Kier molecular flexibility index (Phi) is 4.92. The number of rotatable bonds is 4. The van der Waals surface area contributed by atoms with Gasteiger partial charge in [-0.2, -0.15) is 0 Å². The Balaban J connectivity index is 1.68. The molecule has 0 unspecified atom stereocenters. The van der Waals surface area contributed by atoms with E-state index in [1.54, 1.807) is 6.92 Å². The summed E-state index contributed by atoms with van der Waals surface area (Å²) < 4.78 is 0. The minimum atomic E-state index is -0.315. The van der Waals surface area contributed by atoms with Gasteiger partial charge in [0.2, 0.25) is 5.91 Å². The number of amides is 1. The van der Waals surface area contributed by atoms with Crippen molar-refractivity contribution in [3.05, 3.63) is 35.0 Å². The predicted octanol–water partition coefficient (Wildman–Crippen LogP) is 1.85. The molecule has 2 N–H and O–H groups in total. The van der Waals surface area contributed by atoms with Gasteiger partial charge in [0.1, 0.15) is 0 Å². The van der Waals surface area contributed by atoms with Gasteiger partial charge < -0.3 is 15.0 Å². The van der Waals surface area contributed by atoms with Crippen molar-refractivity contribution in [2.24, 2.45) is 0 Å². The number of piperazine rings is 1. The van der Waals surface area contributed by atoms with Crippen LogP contribution >= 0.6 is 0 Å². The van der Waals surface area contributed by atoms with Gasteiger partial charge in [-0.3, -0.25) is 9.69 Å². The third kappa shape index (κ3) is 3.62. The van der Waals surface area contributed by atoms with Gasteiger partial charge in [0.05, 0.1) is 12.5 Å². The molecule has 0 saturated carbocycles. The maximum Gasteiger partial charge on any atom is 0.227 e. The first-order valence-corrected chi connectivity index (χ1v) is 8.70. The molecular formula is C19H27N3O2. The Morgan fingerprint density at radius 1 is 1.25 bits per heavy atom. The van der Waals surface area contributed by atoms with Crippen molar-refractivity contribution in [2.75, 3.05) is 32.7 Å². The van der Waals surface area contributed by atoms with Gasteiger partial charge in [-0.25, -0.2) is 0 Å². The summed E-state index contributed by atoms with van der Waals surface area (Å²) in [7, 11) is 0. The fourth-order valence-electron chi connectivity index (χ4n) is 3.54. The summed E-state index contributed by atoms with van der Waals surface area (Å²) in [4.78, 5) is 20.3. The fraction of sp³-hybridized carbons (Fsp3) is 0.526. The van der Waals surface area contributed by atoms with Crippen molar-refractivity contribution in [1.29, 1.82) is 0 Å². The van der Waals surface area contributed by atoms with Crippen LogP contribution in [-0.4, -0.2) is 64.6 Å². The number of H-pyrrole nitrogens is 1. The number of carbonyl (C=O) groups excluding carboxylic acids is 1. The minimum Gasteiger partial charge on any atom is -0.392 e. The summed E-state index contributed by atoms with van der Waals surface area (Å²) in [5, 5.41) is 10.6. The van der Waals surface area contributed by atoms with Crippen LogP contribution < -0.4 is 0 Å². The first kappa shape index (κ1) is 17.0. The van der Waals surface area contributed by atoms with Crippen LogP contribution in [0.3, 0.4) is 0 Å². The lowest BCUT2D eigenvalue weighted by Crippen LogP contribution is -2.50. The number of aromatic nitrogens is 1. The zero-order chi connectivity index (χ0) is 17.3. The number of hydrogen-bond donors (Lipinski definition) is 2. The molecule has 1 atom stereocenters. The number of hydrogen-bond acceptors (Lipinski definition) is 3. The average molecular weight is 329 g/mol. The van der Waals surface area contributed by atoms with E-state index >= 15 is 0 Å². The fourth-order valence-corrected chi connectivity index (χ4v) is 3.54. The normalized spacial score (nSPS) is 17.4. The molecule has 0 spiro atoms. The molecule has 1 aliphatic heterocycles. The molecule has 3 rings (SSSR count). The number of nitrogens with zero attached hydrogens (tertiary/aromatic N) is 2. The van der Waals surface area contributed by atoms with E-state index in [1.165, 1.54) is 5.56 Å². The average Bonchev–Trinajstić information content (AvgIpc) is 2.83. The predicted molar refractivity (Wildman–Crippen MR) is 96.2 cm³/mol. The first-order chi connectivity index (χ1) is 11.4. The van der Waals surface area contributed by atoms with Gasteiger partial charge in [-0.15, -0.1) is 0 Å². The Bertz CT molecular complexity index is 728. The number of benzene rings is 1. The summed E-state index contributed by atoms with van der Waals surface area (Å²) >= 11 is 0. The monoisotopic (exact) mass is 329 g/mol. The molecule has 24 heavy (non-hydrogen) atoms. The topological polar surface area (TPSA) is 59.6 Å². The zero-order valence-electron chi connectivity index (χ0n) is 14.8.